The molecule has 1 aliphatic rings. The lowest BCUT2D eigenvalue weighted by Gasteiger charge is -2.31. The third-order valence-corrected chi connectivity index (χ3v) is 5.00. The fraction of sp³-hybridized carbons (Fsp3) is 0.389. The summed E-state index contributed by atoms with van der Waals surface area (Å²) in [6.45, 7) is 7.50. The summed E-state index contributed by atoms with van der Waals surface area (Å²) >= 11 is 0. The zero-order valence-corrected chi connectivity index (χ0v) is 14.5. The molecule has 2 aromatic heterocycles. The van der Waals surface area contributed by atoms with Gasteiger partial charge >= 0.3 is 0 Å². The van der Waals surface area contributed by atoms with Gasteiger partial charge in [-0.25, -0.2) is 5.10 Å². The minimum Gasteiger partial charge on any atom is -0.325 e. The molecule has 0 amide bonds. The smallest absolute Gasteiger partial charge is 0.272 e. The Labute approximate surface area is 145 Å². The van der Waals surface area contributed by atoms with Crippen molar-refractivity contribution in [3.05, 3.63) is 46.1 Å². The van der Waals surface area contributed by atoms with E-state index >= 15 is 0 Å². The fourth-order valence-electron chi connectivity index (χ4n) is 3.49. The van der Waals surface area contributed by atoms with Gasteiger partial charge in [0.15, 0.2) is 0 Å². The number of nitrogens with two attached hydrogens (primary N) is 1. The van der Waals surface area contributed by atoms with Gasteiger partial charge in [0.25, 0.3) is 5.56 Å². The third kappa shape index (κ3) is 2.65. The van der Waals surface area contributed by atoms with E-state index in [4.69, 9.17) is 5.73 Å². The number of hydrogen-bond acceptors (Lipinski definition) is 5. The van der Waals surface area contributed by atoms with E-state index in [0.29, 0.717) is 17.1 Å². The Morgan fingerprint density at radius 1 is 1.28 bits per heavy atom. The van der Waals surface area contributed by atoms with Crippen molar-refractivity contribution >= 4 is 10.8 Å². The number of hydrogen-bond donors (Lipinski definition) is 2. The van der Waals surface area contributed by atoms with Crippen LogP contribution in [0.25, 0.3) is 21.9 Å². The minimum atomic E-state index is -0.193. The summed E-state index contributed by atoms with van der Waals surface area (Å²) in [5, 5.41) is 12.6. The minimum absolute atomic E-state index is 0.193. The Balaban J connectivity index is 1.84. The number of aromatic nitrogens is 4. The molecule has 0 atom stereocenters. The van der Waals surface area contributed by atoms with Crippen LogP contribution in [0.1, 0.15) is 25.2 Å². The van der Waals surface area contributed by atoms with Gasteiger partial charge in [-0.2, -0.15) is 10.2 Å². The zero-order chi connectivity index (χ0) is 17.6. The van der Waals surface area contributed by atoms with Crippen LogP contribution in [-0.4, -0.2) is 37.5 Å². The van der Waals surface area contributed by atoms with Crippen molar-refractivity contribution in [2.75, 3.05) is 6.54 Å². The molecular weight excluding hydrogens is 316 g/mol. The van der Waals surface area contributed by atoms with Crippen molar-refractivity contribution in [1.82, 2.24) is 24.9 Å². The number of H-pyrrole nitrogens is 1. The Kier molecular flexibility index (Phi) is 3.89. The summed E-state index contributed by atoms with van der Waals surface area (Å²) in [7, 11) is 0. The predicted octanol–water partition coefficient (Wildman–Crippen LogP) is 1.47. The Bertz CT molecular complexity index is 987. The monoisotopic (exact) mass is 338 g/mol. The predicted molar refractivity (Wildman–Crippen MR) is 97.0 cm³/mol. The summed E-state index contributed by atoms with van der Waals surface area (Å²) < 4.78 is 2.08. The number of rotatable bonds is 3. The lowest BCUT2D eigenvalue weighted by Crippen LogP contribution is -2.38. The number of aromatic amines is 1. The summed E-state index contributed by atoms with van der Waals surface area (Å²) in [6.07, 6.45) is 1.92. The number of nitrogens with zero attached hydrogens (tertiary/aromatic N) is 4. The Hall–Kier alpha value is -2.51. The second kappa shape index (κ2) is 6.09. The van der Waals surface area contributed by atoms with Crippen LogP contribution in [0.15, 0.2) is 29.2 Å². The first-order valence-corrected chi connectivity index (χ1v) is 8.59. The first kappa shape index (κ1) is 16.0. The molecule has 3 N–H and O–H groups in total. The summed E-state index contributed by atoms with van der Waals surface area (Å²) in [5.41, 5.74) is 9.66. The molecule has 1 aliphatic heterocycles. The molecule has 4 rings (SSSR count). The molecule has 130 valence electrons. The van der Waals surface area contributed by atoms with Crippen LogP contribution in [0.4, 0.5) is 0 Å². The normalized spacial score (nSPS) is 15.0. The van der Waals surface area contributed by atoms with Crippen molar-refractivity contribution in [3.8, 4) is 11.1 Å². The topological polar surface area (TPSA) is 92.8 Å². The Morgan fingerprint density at radius 3 is 2.88 bits per heavy atom. The van der Waals surface area contributed by atoms with E-state index in [-0.39, 0.29) is 12.1 Å². The van der Waals surface area contributed by atoms with Crippen molar-refractivity contribution < 1.29 is 0 Å². The van der Waals surface area contributed by atoms with E-state index in [0.717, 1.165) is 36.1 Å². The van der Waals surface area contributed by atoms with E-state index in [1.54, 1.807) is 0 Å². The molecule has 0 saturated carbocycles. The average Bonchev–Trinajstić information content (AvgIpc) is 3.05. The van der Waals surface area contributed by atoms with E-state index in [1.807, 2.05) is 24.4 Å². The van der Waals surface area contributed by atoms with Gasteiger partial charge in [0.05, 0.1) is 29.5 Å². The van der Waals surface area contributed by atoms with Crippen molar-refractivity contribution in [3.63, 3.8) is 0 Å². The Morgan fingerprint density at radius 2 is 2.12 bits per heavy atom. The molecule has 0 fully saturated rings. The molecule has 0 spiro atoms. The largest absolute Gasteiger partial charge is 0.325 e. The van der Waals surface area contributed by atoms with Gasteiger partial charge < -0.3 is 5.73 Å². The van der Waals surface area contributed by atoms with Crippen LogP contribution >= 0.6 is 0 Å². The molecule has 0 aliphatic carbocycles. The molecule has 0 saturated heterocycles. The number of nitrogens with one attached hydrogen (secondary N) is 1. The molecule has 1 aromatic carbocycles. The molecule has 0 unspecified atom stereocenters. The number of benzene rings is 1. The maximum atomic E-state index is 12.0. The van der Waals surface area contributed by atoms with E-state index < -0.39 is 0 Å². The van der Waals surface area contributed by atoms with Gasteiger partial charge in [-0.15, -0.1) is 0 Å². The standard InChI is InChI=1S/C18H22N6O/c1-11(2)23-5-6-24-17(10-23)15(9-20-24)12-3-4-13-14(7-12)16(8-19)21-22-18(13)25/h3-4,7,9,11H,5-6,8,10,19H2,1-2H3,(H,22,25). The second-order valence-electron chi connectivity index (χ2n) is 6.76. The molecular formula is C18H22N6O. The quantitative estimate of drug-likeness (QED) is 0.754. The molecule has 25 heavy (non-hydrogen) atoms. The van der Waals surface area contributed by atoms with Crippen LogP contribution in [-0.2, 0) is 19.6 Å². The first-order valence-electron chi connectivity index (χ1n) is 8.59. The van der Waals surface area contributed by atoms with Gasteiger partial charge in [0, 0.05) is 36.6 Å². The highest BCUT2D eigenvalue weighted by atomic mass is 16.1. The lowest BCUT2D eigenvalue weighted by molar-refractivity contribution is 0.171. The fourth-order valence-corrected chi connectivity index (χ4v) is 3.49. The molecule has 7 heteroatoms. The van der Waals surface area contributed by atoms with Crippen LogP contribution in [0, 0.1) is 0 Å². The molecule has 0 radical (unpaired) electrons. The van der Waals surface area contributed by atoms with E-state index in [1.165, 1.54) is 5.69 Å². The van der Waals surface area contributed by atoms with Crippen molar-refractivity contribution in [2.24, 2.45) is 5.73 Å². The SMILES string of the molecule is CC(C)N1CCn2ncc(-c3ccc4c(=O)[nH]nc(CN)c4c3)c2C1. The number of fused-ring (bicyclic) bond motifs is 2. The third-order valence-electron chi connectivity index (χ3n) is 5.00. The molecule has 0 bridgehead atoms. The van der Waals surface area contributed by atoms with Crippen molar-refractivity contribution in [1.29, 1.82) is 0 Å². The first-order chi connectivity index (χ1) is 12.1. The van der Waals surface area contributed by atoms with Gasteiger partial charge in [-0.1, -0.05) is 6.07 Å². The van der Waals surface area contributed by atoms with Gasteiger partial charge in [-0.3, -0.25) is 14.4 Å². The zero-order valence-electron chi connectivity index (χ0n) is 14.5. The highest BCUT2D eigenvalue weighted by Gasteiger charge is 2.23. The second-order valence-corrected chi connectivity index (χ2v) is 6.76. The summed E-state index contributed by atoms with van der Waals surface area (Å²) in [5.74, 6) is 0. The molecule has 3 aromatic rings. The highest BCUT2D eigenvalue weighted by Crippen LogP contribution is 2.29. The van der Waals surface area contributed by atoms with Crippen LogP contribution in [0.5, 0.6) is 0 Å². The molecule has 7 nitrogen and oxygen atoms in total. The van der Waals surface area contributed by atoms with Crippen LogP contribution in [0.3, 0.4) is 0 Å². The van der Waals surface area contributed by atoms with E-state index in [2.05, 4.69) is 38.7 Å². The van der Waals surface area contributed by atoms with Crippen molar-refractivity contribution in [2.45, 2.75) is 39.5 Å². The molecule has 3 heterocycles. The van der Waals surface area contributed by atoms with E-state index in [9.17, 15) is 4.79 Å². The average molecular weight is 338 g/mol. The lowest BCUT2D eigenvalue weighted by atomic mass is 10.0. The van der Waals surface area contributed by atoms with Gasteiger partial charge in [0.1, 0.15) is 0 Å². The maximum absolute atomic E-state index is 12.0. The van der Waals surface area contributed by atoms with Crippen LogP contribution < -0.4 is 11.3 Å². The highest BCUT2D eigenvalue weighted by molar-refractivity contribution is 5.88. The summed E-state index contributed by atoms with van der Waals surface area (Å²) in [6, 6.07) is 6.33. The van der Waals surface area contributed by atoms with Gasteiger partial charge in [-0.05, 0) is 31.5 Å². The van der Waals surface area contributed by atoms with Gasteiger partial charge in [0.2, 0.25) is 0 Å². The van der Waals surface area contributed by atoms with Crippen LogP contribution in [0.2, 0.25) is 0 Å². The summed E-state index contributed by atoms with van der Waals surface area (Å²) in [4.78, 5) is 14.5. The maximum Gasteiger partial charge on any atom is 0.272 e.